The highest BCUT2D eigenvalue weighted by molar-refractivity contribution is 8.00. The van der Waals surface area contributed by atoms with E-state index in [-0.39, 0.29) is 77.8 Å². The average molecular weight is 1090 g/mol. The number of halogens is 3. The van der Waals surface area contributed by atoms with E-state index in [1.807, 2.05) is 19.9 Å². The van der Waals surface area contributed by atoms with E-state index in [2.05, 4.69) is 26.7 Å². The summed E-state index contributed by atoms with van der Waals surface area (Å²) in [5, 5.41) is 18.7. The maximum absolute atomic E-state index is 13.1. The number of aliphatic carboxylic acids is 1. The Morgan fingerprint density at radius 2 is 1.39 bits per heavy atom. The van der Waals surface area contributed by atoms with E-state index >= 15 is 0 Å². The lowest BCUT2D eigenvalue weighted by molar-refractivity contribution is -0.192. The number of carboxylic acid groups (broad SMARTS) is 1. The number of thioether (sulfide) groups is 1. The Morgan fingerprint density at radius 1 is 0.776 bits per heavy atom. The summed E-state index contributed by atoms with van der Waals surface area (Å²) in [6, 6.07) is 7.54. The molecule has 1 saturated carbocycles. The molecule has 0 aromatic heterocycles. The van der Waals surface area contributed by atoms with Gasteiger partial charge in [-0.3, -0.25) is 68.0 Å². The van der Waals surface area contributed by atoms with Crippen molar-refractivity contribution < 1.29 is 75.8 Å². The van der Waals surface area contributed by atoms with Crippen molar-refractivity contribution in [2.75, 3.05) is 37.2 Å². The van der Waals surface area contributed by atoms with Crippen LogP contribution in [0.25, 0.3) is 0 Å². The van der Waals surface area contributed by atoms with Crippen molar-refractivity contribution in [3.8, 4) is 0 Å². The average Bonchev–Trinajstić information content (AvgIpc) is 4.14. The molecule has 1 aliphatic carbocycles. The van der Waals surface area contributed by atoms with Crippen LogP contribution in [0.5, 0.6) is 0 Å². The summed E-state index contributed by atoms with van der Waals surface area (Å²) in [6.45, 7) is 5.57. The Hall–Kier alpha value is -6.70. The molecule has 1 unspecified atom stereocenters. The minimum atomic E-state index is -5.08. The number of hydrogen-bond acceptors (Lipinski definition) is 14. The molecule has 4 fully saturated rings. The van der Waals surface area contributed by atoms with Gasteiger partial charge in [-0.05, 0) is 81.6 Å². The van der Waals surface area contributed by atoms with Crippen LogP contribution in [0, 0.1) is 11.8 Å². The van der Waals surface area contributed by atoms with Crippen molar-refractivity contribution in [2.45, 2.75) is 147 Å². The third kappa shape index (κ3) is 21.5. The first kappa shape index (κ1) is 63.6. The maximum Gasteiger partial charge on any atom is 0.490 e. The quantitative estimate of drug-likeness (QED) is 0.0612. The highest BCUT2D eigenvalue weighted by Crippen LogP contribution is 2.29. The molecular formula is C50H70F3N9O13S. The number of unbranched alkanes of at least 4 members (excludes halogenated alkanes) is 4. The van der Waals surface area contributed by atoms with Gasteiger partial charge in [-0.25, -0.2) is 4.79 Å². The lowest BCUT2D eigenvalue weighted by Gasteiger charge is -2.28. The standard InChI is InChI=1S/C40H53N7O9S.C6H10N2O2.C2HF3O2.C2H6/c48-32(41-25-26-14-16-27(17-15-26)37(53)45-47-34(50)20-21-35(47)51)13-7-2-8-22-46-36(52)24-31(40(46)56)57-23-9-3-6-12-29(38(54)42-28-10-4-1-5-11-28)44-39(55)30-18-19-33(49)43-30;7-3-4-8-5(9)1-2-6(8)10;3-2(4,5)1(6)7;1-2/h1,4-5,10-11,20-21,26-27,29-31H,2-3,6-9,12-19,22-25H2,(H,41,48)(H,42,54)(H,43,49)(H,44,55)(H,45,53);1-4,7H2;(H,6,7);1-2H3/t26?,27?,29-,30+,31?;;;/m0.../s1. The van der Waals surface area contributed by atoms with Crippen LogP contribution in [-0.2, 0) is 57.5 Å². The summed E-state index contributed by atoms with van der Waals surface area (Å²) >= 11 is 1.46. The van der Waals surface area contributed by atoms with Crippen LogP contribution in [0.15, 0.2) is 42.5 Å². The lowest BCUT2D eigenvalue weighted by atomic mass is 9.81. The third-order valence-corrected chi connectivity index (χ3v) is 13.8. The van der Waals surface area contributed by atoms with Crippen LogP contribution in [0.2, 0.25) is 0 Å². The molecule has 0 spiro atoms. The number of hydrogen-bond donors (Lipinski definition) is 7. The molecule has 0 bridgehead atoms. The van der Waals surface area contributed by atoms with Crippen LogP contribution in [0.3, 0.4) is 0 Å². The Morgan fingerprint density at radius 3 is 1.97 bits per heavy atom. The van der Waals surface area contributed by atoms with Crippen molar-refractivity contribution in [1.29, 1.82) is 0 Å². The number of alkyl halides is 3. The van der Waals surface area contributed by atoms with Gasteiger partial charge in [-0.15, -0.1) is 11.8 Å². The molecule has 76 heavy (non-hydrogen) atoms. The van der Waals surface area contributed by atoms with Crippen LogP contribution in [-0.4, -0.2) is 146 Å². The van der Waals surface area contributed by atoms with E-state index in [1.54, 1.807) is 24.3 Å². The summed E-state index contributed by atoms with van der Waals surface area (Å²) < 4.78 is 31.7. The van der Waals surface area contributed by atoms with Gasteiger partial charge in [0, 0.05) is 82.0 Å². The first-order valence-electron chi connectivity index (χ1n) is 25.6. The Balaban J connectivity index is 0.000000675. The van der Waals surface area contributed by atoms with Crippen molar-refractivity contribution >= 4 is 88.4 Å². The van der Waals surface area contributed by atoms with Gasteiger partial charge in [0.1, 0.15) is 12.1 Å². The van der Waals surface area contributed by atoms with Crippen LogP contribution < -0.4 is 32.4 Å². The van der Waals surface area contributed by atoms with Crippen molar-refractivity contribution in [1.82, 2.24) is 36.2 Å². The molecule has 3 atom stereocenters. The molecule has 5 aliphatic rings. The van der Waals surface area contributed by atoms with Gasteiger partial charge in [0.15, 0.2) is 0 Å². The number of carbonyl (C=O) groups is 12. The van der Waals surface area contributed by atoms with Gasteiger partial charge in [-0.1, -0.05) is 51.3 Å². The summed E-state index contributed by atoms with van der Waals surface area (Å²) in [6.07, 6.45) is 6.26. The number of nitrogens with one attached hydrogen (secondary N) is 5. The Kier molecular flexibility index (Phi) is 27.3. The molecule has 6 rings (SSSR count). The highest BCUT2D eigenvalue weighted by Gasteiger charge is 2.39. The van der Waals surface area contributed by atoms with Crippen LogP contribution in [0.4, 0.5) is 18.9 Å². The maximum atomic E-state index is 13.1. The fraction of sp³-hybridized carbons (Fsp3) is 0.600. The fourth-order valence-electron chi connectivity index (χ4n) is 8.39. The molecule has 11 amide bonds. The first-order valence-corrected chi connectivity index (χ1v) is 26.6. The minimum absolute atomic E-state index is 0.0620. The smallest absolute Gasteiger partial charge is 0.475 e. The lowest BCUT2D eigenvalue weighted by Crippen LogP contribution is -2.50. The number of amides is 11. The van der Waals surface area contributed by atoms with Crippen molar-refractivity contribution in [3.05, 3.63) is 42.5 Å². The number of nitrogens with two attached hydrogens (primary N) is 1. The van der Waals surface area contributed by atoms with Gasteiger partial charge in [0.25, 0.3) is 11.8 Å². The second kappa shape index (κ2) is 32.7. The number of anilines is 1. The van der Waals surface area contributed by atoms with E-state index < -0.39 is 41.3 Å². The minimum Gasteiger partial charge on any atom is -0.475 e. The predicted octanol–water partition coefficient (Wildman–Crippen LogP) is 3.00. The number of nitrogens with zero attached hydrogens (tertiary/aromatic N) is 3. The second-order valence-corrected chi connectivity index (χ2v) is 19.4. The van der Waals surface area contributed by atoms with Gasteiger partial charge in [0.05, 0.1) is 5.25 Å². The molecule has 4 heterocycles. The van der Waals surface area contributed by atoms with E-state index in [9.17, 15) is 65.9 Å². The fourth-order valence-corrected chi connectivity index (χ4v) is 9.58. The zero-order chi connectivity index (χ0) is 56.4. The summed E-state index contributed by atoms with van der Waals surface area (Å²) in [7, 11) is 0. The number of carbonyl (C=O) groups excluding carboxylic acids is 11. The first-order chi connectivity index (χ1) is 36.2. The Labute approximate surface area is 442 Å². The van der Waals surface area contributed by atoms with Gasteiger partial charge >= 0.3 is 12.1 Å². The molecule has 0 radical (unpaired) electrons. The predicted molar refractivity (Wildman–Crippen MR) is 270 cm³/mol. The largest absolute Gasteiger partial charge is 0.490 e. The molecule has 4 aliphatic heterocycles. The van der Waals surface area contributed by atoms with E-state index in [1.165, 1.54) is 21.6 Å². The number of para-hydroxylation sites is 1. The summed E-state index contributed by atoms with van der Waals surface area (Å²) in [5.74, 6) is -5.11. The monoisotopic (exact) mass is 1090 g/mol. The van der Waals surface area contributed by atoms with Gasteiger partial charge < -0.3 is 32.1 Å². The summed E-state index contributed by atoms with van der Waals surface area (Å²) in [5.41, 5.74) is 8.21. The molecule has 1 aromatic carbocycles. The molecule has 8 N–H and O–H groups in total. The summed E-state index contributed by atoms with van der Waals surface area (Å²) in [4.78, 5) is 145. The van der Waals surface area contributed by atoms with Crippen LogP contribution >= 0.6 is 11.8 Å². The van der Waals surface area contributed by atoms with Crippen molar-refractivity contribution in [3.63, 3.8) is 0 Å². The molecule has 1 aromatic rings. The van der Waals surface area contributed by atoms with Gasteiger partial charge in [0.2, 0.25) is 53.2 Å². The normalized spacial score (nSPS) is 20.4. The molecule has 26 heteroatoms. The number of benzene rings is 1. The number of hydrazine groups is 1. The van der Waals surface area contributed by atoms with E-state index in [0.29, 0.717) is 108 Å². The van der Waals surface area contributed by atoms with Gasteiger partial charge in [-0.2, -0.15) is 18.2 Å². The number of carboxylic acids is 1. The zero-order valence-corrected chi connectivity index (χ0v) is 43.6. The molecular weight excluding hydrogens is 1020 g/mol. The number of imide groups is 3. The van der Waals surface area contributed by atoms with Crippen LogP contribution in [0.1, 0.15) is 123 Å². The molecule has 420 valence electrons. The second-order valence-electron chi connectivity index (χ2n) is 18.1. The third-order valence-electron chi connectivity index (χ3n) is 12.5. The van der Waals surface area contributed by atoms with E-state index in [4.69, 9.17) is 15.6 Å². The number of rotatable bonds is 23. The molecule has 22 nitrogen and oxygen atoms in total. The molecule has 3 saturated heterocycles. The number of likely N-dealkylation sites (tertiary alicyclic amines) is 2. The van der Waals surface area contributed by atoms with E-state index in [0.717, 1.165) is 42.8 Å². The van der Waals surface area contributed by atoms with Crippen molar-refractivity contribution in [2.24, 2.45) is 17.6 Å². The topological polar surface area (TPSA) is 321 Å². The SMILES string of the molecule is CC.NCCN1C(=O)CCC1=O.O=C(CCCCCN1C(=O)CC(SCCCCC[C@H](NC(=O)[C@H]2CCC(=O)N2)C(=O)Nc2ccccc2)C1=O)NCC1CCC(C(=O)NN2C(=O)C=CC2=O)CC1.O=C(O)C(F)(F)F. The Bertz CT molecular complexity index is 2210. The highest BCUT2D eigenvalue weighted by atomic mass is 32.2. The zero-order valence-electron chi connectivity index (χ0n) is 42.8.